The Balaban J connectivity index is 1.91. The molecule has 1 aromatic heterocycles. The SMILES string of the molecule is CC1CCCC(C2(O)CCCc3occc32)C1. The van der Waals surface area contributed by atoms with Crippen molar-refractivity contribution >= 4 is 0 Å². The molecule has 2 aliphatic rings. The van der Waals surface area contributed by atoms with Crippen LogP contribution in [0.1, 0.15) is 56.8 Å². The molecule has 1 saturated carbocycles. The maximum Gasteiger partial charge on any atom is 0.109 e. The minimum atomic E-state index is -0.602. The zero-order valence-corrected chi connectivity index (χ0v) is 10.6. The Kier molecular flexibility index (Phi) is 2.78. The molecule has 3 unspecified atom stereocenters. The lowest BCUT2D eigenvalue weighted by molar-refractivity contribution is -0.0606. The first kappa shape index (κ1) is 11.3. The summed E-state index contributed by atoms with van der Waals surface area (Å²) in [5.41, 5.74) is 0.484. The lowest BCUT2D eigenvalue weighted by Gasteiger charge is -2.42. The van der Waals surface area contributed by atoms with Gasteiger partial charge >= 0.3 is 0 Å². The van der Waals surface area contributed by atoms with Crippen LogP contribution in [-0.4, -0.2) is 5.11 Å². The topological polar surface area (TPSA) is 33.4 Å². The number of aryl methyl sites for hydroxylation is 1. The van der Waals surface area contributed by atoms with E-state index in [2.05, 4.69) is 6.92 Å². The Bertz CT molecular complexity index is 395. The molecule has 1 fully saturated rings. The van der Waals surface area contributed by atoms with Crippen LogP contribution in [-0.2, 0) is 12.0 Å². The van der Waals surface area contributed by atoms with E-state index >= 15 is 0 Å². The standard InChI is InChI=1S/C15H22O2/c1-11-4-2-5-12(10-11)15(16)8-3-6-14-13(15)7-9-17-14/h7,9,11-12,16H,2-6,8,10H2,1H3. The quantitative estimate of drug-likeness (QED) is 0.805. The maximum atomic E-state index is 11.1. The summed E-state index contributed by atoms with van der Waals surface area (Å²) in [6.07, 6.45) is 9.64. The highest BCUT2D eigenvalue weighted by atomic mass is 16.3. The second-order valence-corrected chi connectivity index (χ2v) is 6.00. The Morgan fingerprint density at radius 2 is 2.24 bits per heavy atom. The zero-order chi connectivity index (χ0) is 11.9. The first-order valence-corrected chi connectivity index (χ1v) is 6.99. The molecule has 3 atom stereocenters. The first-order chi connectivity index (χ1) is 8.20. The summed E-state index contributed by atoms with van der Waals surface area (Å²) in [6.45, 7) is 2.31. The molecule has 2 nitrogen and oxygen atoms in total. The minimum Gasteiger partial charge on any atom is -0.469 e. The van der Waals surface area contributed by atoms with Gasteiger partial charge in [0.05, 0.1) is 11.9 Å². The molecule has 1 N–H and O–H groups in total. The number of aliphatic hydroxyl groups is 1. The molecule has 2 aliphatic carbocycles. The Morgan fingerprint density at radius 1 is 1.35 bits per heavy atom. The molecule has 17 heavy (non-hydrogen) atoms. The van der Waals surface area contributed by atoms with Gasteiger partial charge in [0.1, 0.15) is 5.76 Å². The number of furan rings is 1. The van der Waals surface area contributed by atoms with Crippen LogP contribution in [0.2, 0.25) is 0 Å². The number of hydrogen-bond donors (Lipinski definition) is 1. The lowest BCUT2D eigenvalue weighted by atomic mass is 9.67. The van der Waals surface area contributed by atoms with Gasteiger partial charge in [0.2, 0.25) is 0 Å². The van der Waals surface area contributed by atoms with Crippen molar-refractivity contribution in [3.05, 3.63) is 23.7 Å². The highest BCUT2D eigenvalue weighted by Crippen LogP contribution is 2.47. The Hall–Kier alpha value is -0.760. The average Bonchev–Trinajstić information content (AvgIpc) is 2.79. The van der Waals surface area contributed by atoms with Crippen molar-refractivity contribution in [3.8, 4) is 0 Å². The largest absolute Gasteiger partial charge is 0.469 e. The van der Waals surface area contributed by atoms with E-state index in [0.29, 0.717) is 5.92 Å². The molecule has 3 rings (SSSR count). The van der Waals surface area contributed by atoms with Crippen molar-refractivity contribution in [2.75, 3.05) is 0 Å². The summed E-state index contributed by atoms with van der Waals surface area (Å²) in [6, 6.07) is 1.99. The van der Waals surface area contributed by atoms with E-state index in [4.69, 9.17) is 4.42 Å². The predicted octanol–water partition coefficient (Wildman–Crippen LogP) is 3.63. The molecular formula is C15H22O2. The van der Waals surface area contributed by atoms with Gasteiger partial charge in [-0.15, -0.1) is 0 Å². The summed E-state index contributed by atoms with van der Waals surface area (Å²) in [4.78, 5) is 0. The van der Waals surface area contributed by atoms with E-state index in [1.165, 1.54) is 25.7 Å². The van der Waals surface area contributed by atoms with Crippen LogP contribution in [0.3, 0.4) is 0 Å². The van der Waals surface area contributed by atoms with Crippen LogP contribution in [0.5, 0.6) is 0 Å². The molecular weight excluding hydrogens is 212 g/mol. The van der Waals surface area contributed by atoms with Crippen molar-refractivity contribution in [2.24, 2.45) is 11.8 Å². The molecule has 2 heteroatoms. The van der Waals surface area contributed by atoms with Gasteiger partial charge in [0, 0.05) is 12.0 Å². The zero-order valence-electron chi connectivity index (χ0n) is 10.6. The van der Waals surface area contributed by atoms with Gasteiger partial charge in [-0.05, 0) is 43.6 Å². The van der Waals surface area contributed by atoms with Gasteiger partial charge in [-0.3, -0.25) is 0 Å². The van der Waals surface area contributed by atoms with E-state index in [9.17, 15) is 5.11 Å². The third kappa shape index (κ3) is 1.83. The normalized spacial score (nSPS) is 37.8. The molecule has 1 aromatic rings. The van der Waals surface area contributed by atoms with Gasteiger partial charge in [-0.1, -0.05) is 19.8 Å². The highest BCUT2D eigenvalue weighted by molar-refractivity contribution is 5.28. The van der Waals surface area contributed by atoms with Gasteiger partial charge in [0.15, 0.2) is 0 Å². The second-order valence-electron chi connectivity index (χ2n) is 6.00. The lowest BCUT2D eigenvalue weighted by Crippen LogP contribution is -2.40. The third-order valence-corrected chi connectivity index (χ3v) is 4.79. The molecule has 0 saturated heterocycles. The molecule has 0 bridgehead atoms. The Morgan fingerprint density at radius 3 is 3.06 bits per heavy atom. The highest BCUT2D eigenvalue weighted by Gasteiger charge is 2.43. The van der Waals surface area contributed by atoms with Crippen molar-refractivity contribution in [1.82, 2.24) is 0 Å². The summed E-state index contributed by atoms with van der Waals surface area (Å²) in [5.74, 6) is 2.22. The number of hydrogen-bond acceptors (Lipinski definition) is 2. The predicted molar refractivity (Wildman–Crippen MR) is 66.7 cm³/mol. The van der Waals surface area contributed by atoms with Crippen molar-refractivity contribution < 1.29 is 9.52 Å². The van der Waals surface area contributed by atoms with Gasteiger partial charge in [-0.2, -0.15) is 0 Å². The summed E-state index contributed by atoms with van der Waals surface area (Å²) in [5, 5.41) is 11.1. The van der Waals surface area contributed by atoms with Crippen LogP contribution in [0.4, 0.5) is 0 Å². The molecule has 1 heterocycles. The van der Waals surface area contributed by atoms with Crippen LogP contribution < -0.4 is 0 Å². The molecule has 0 amide bonds. The van der Waals surface area contributed by atoms with E-state index in [1.54, 1.807) is 6.26 Å². The smallest absolute Gasteiger partial charge is 0.109 e. The van der Waals surface area contributed by atoms with E-state index < -0.39 is 5.60 Å². The maximum absolute atomic E-state index is 11.1. The van der Waals surface area contributed by atoms with Gasteiger partial charge < -0.3 is 9.52 Å². The van der Waals surface area contributed by atoms with E-state index in [0.717, 1.165) is 36.5 Å². The molecule has 0 aliphatic heterocycles. The van der Waals surface area contributed by atoms with Crippen molar-refractivity contribution in [2.45, 2.75) is 57.5 Å². The average molecular weight is 234 g/mol. The van der Waals surface area contributed by atoms with Gasteiger partial charge in [0.25, 0.3) is 0 Å². The molecule has 0 radical (unpaired) electrons. The van der Waals surface area contributed by atoms with Crippen LogP contribution in [0.25, 0.3) is 0 Å². The minimum absolute atomic E-state index is 0.433. The van der Waals surface area contributed by atoms with Crippen molar-refractivity contribution in [3.63, 3.8) is 0 Å². The van der Waals surface area contributed by atoms with E-state index in [1.807, 2.05) is 6.07 Å². The van der Waals surface area contributed by atoms with Gasteiger partial charge in [-0.25, -0.2) is 0 Å². The fourth-order valence-corrected chi connectivity index (χ4v) is 3.86. The summed E-state index contributed by atoms with van der Waals surface area (Å²) < 4.78 is 5.51. The number of fused-ring (bicyclic) bond motifs is 1. The third-order valence-electron chi connectivity index (χ3n) is 4.79. The molecule has 94 valence electrons. The summed E-state index contributed by atoms with van der Waals surface area (Å²) in [7, 11) is 0. The monoisotopic (exact) mass is 234 g/mol. The first-order valence-electron chi connectivity index (χ1n) is 6.99. The van der Waals surface area contributed by atoms with Crippen LogP contribution in [0, 0.1) is 11.8 Å². The fraction of sp³-hybridized carbons (Fsp3) is 0.733. The Labute approximate surface area is 103 Å². The second kappa shape index (κ2) is 4.16. The number of rotatable bonds is 1. The van der Waals surface area contributed by atoms with E-state index in [-0.39, 0.29) is 0 Å². The molecule has 0 aromatic carbocycles. The summed E-state index contributed by atoms with van der Waals surface area (Å²) >= 11 is 0. The van der Waals surface area contributed by atoms with Crippen LogP contribution >= 0.6 is 0 Å². The molecule has 0 spiro atoms. The van der Waals surface area contributed by atoms with Crippen LogP contribution in [0.15, 0.2) is 16.7 Å². The van der Waals surface area contributed by atoms with Crippen molar-refractivity contribution in [1.29, 1.82) is 0 Å². The fourth-order valence-electron chi connectivity index (χ4n) is 3.86.